The second kappa shape index (κ2) is 6.17. The topological polar surface area (TPSA) is 75.6 Å². The molecule has 2 fully saturated rings. The number of nitrogens with one attached hydrogen (secondary N) is 1. The van der Waals surface area contributed by atoms with Gasteiger partial charge in [0.05, 0.1) is 6.04 Å². The van der Waals surface area contributed by atoms with Crippen molar-refractivity contribution in [3.63, 3.8) is 0 Å². The summed E-state index contributed by atoms with van der Waals surface area (Å²) < 4.78 is 29.7. The Morgan fingerprint density at radius 1 is 1.41 bits per heavy atom. The monoisotopic (exact) mass is 334 g/mol. The highest BCUT2D eigenvalue weighted by molar-refractivity contribution is 7.90. The lowest BCUT2D eigenvalue weighted by atomic mass is 9.74. The molecule has 1 aliphatic carbocycles. The molecule has 1 heterocycles. The largest absolute Gasteiger partial charge is 0.598 e. The van der Waals surface area contributed by atoms with Crippen molar-refractivity contribution < 1.29 is 18.8 Å². The first-order valence-corrected chi connectivity index (χ1v) is 9.02. The maximum Gasteiger partial charge on any atom is 0.407 e. The molecule has 0 aromatic heterocycles. The van der Waals surface area contributed by atoms with Gasteiger partial charge in [0.25, 0.3) is 0 Å². The molecular weight excluding hydrogens is 307 g/mol. The highest BCUT2D eigenvalue weighted by Crippen LogP contribution is 2.50. The molecule has 7 heteroatoms. The van der Waals surface area contributed by atoms with Crippen LogP contribution in [0, 0.1) is 11.3 Å². The number of rotatable bonds is 2. The first-order chi connectivity index (χ1) is 10.1. The fraction of sp³-hybridized carbons (Fsp3) is 0.933. The van der Waals surface area contributed by atoms with Crippen LogP contribution in [0.3, 0.4) is 0 Å². The van der Waals surface area contributed by atoms with Crippen LogP contribution >= 0.6 is 0 Å². The molecule has 2 N–H and O–H groups in total. The van der Waals surface area contributed by atoms with Gasteiger partial charge in [-0.15, -0.1) is 4.72 Å². The molecule has 1 unspecified atom stereocenters. The molecule has 0 bridgehead atoms. The standard InChI is InChI=1S/C15H27FN2O3S/c1-10-9-15(5-7-18(8-6-15)13(19)20)12(11(10)16)17-22(21)14(2,3)4/h10-12,17H,5-9H2,1-4H3,(H,19,20)/t10-,11+,12+,22?/m1/s1. The number of halogens is 1. The third kappa shape index (κ3) is 3.36. The van der Waals surface area contributed by atoms with Crippen molar-refractivity contribution in [1.82, 2.24) is 9.62 Å². The van der Waals surface area contributed by atoms with Crippen LogP contribution in [-0.2, 0) is 11.4 Å². The van der Waals surface area contributed by atoms with E-state index in [1.165, 1.54) is 4.90 Å². The molecule has 1 saturated heterocycles. The van der Waals surface area contributed by atoms with Crippen LogP contribution in [0.25, 0.3) is 0 Å². The van der Waals surface area contributed by atoms with E-state index in [2.05, 4.69) is 4.72 Å². The predicted octanol–water partition coefficient (Wildman–Crippen LogP) is 2.54. The Labute approximate surface area is 134 Å². The van der Waals surface area contributed by atoms with Crippen molar-refractivity contribution in [2.75, 3.05) is 13.1 Å². The number of hydrogen-bond donors (Lipinski definition) is 2. The van der Waals surface area contributed by atoms with Gasteiger partial charge in [0, 0.05) is 24.5 Å². The molecule has 4 atom stereocenters. The quantitative estimate of drug-likeness (QED) is 0.761. The summed E-state index contributed by atoms with van der Waals surface area (Å²) in [6.45, 7) is 8.33. The second-order valence-corrected chi connectivity index (χ2v) is 9.73. The van der Waals surface area contributed by atoms with Gasteiger partial charge in [-0.1, -0.05) is 6.92 Å². The zero-order chi connectivity index (χ0) is 16.7. The summed E-state index contributed by atoms with van der Waals surface area (Å²) in [7, 11) is 0. The lowest BCUT2D eigenvalue weighted by Crippen LogP contribution is -2.56. The van der Waals surface area contributed by atoms with Gasteiger partial charge >= 0.3 is 6.09 Å². The molecule has 1 aliphatic heterocycles. The molecular formula is C15H27FN2O3S. The summed E-state index contributed by atoms with van der Waals surface area (Å²) in [5.41, 5.74) is -0.286. The SMILES string of the molecule is C[C@@H]1CC2(CCN(C(=O)O)CC2)[C@@H](N[S+]([O-])C(C)(C)C)[C@H]1F. The summed E-state index contributed by atoms with van der Waals surface area (Å²) in [6, 6.07) is -0.460. The Hall–Kier alpha value is -0.530. The van der Waals surface area contributed by atoms with Crippen LogP contribution in [0.4, 0.5) is 9.18 Å². The zero-order valence-corrected chi connectivity index (χ0v) is 14.6. The van der Waals surface area contributed by atoms with Gasteiger partial charge in [0.2, 0.25) is 0 Å². The van der Waals surface area contributed by atoms with Crippen LogP contribution in [0.5, 0.6) is 0 Å². The first-order valence-electron chi connectivity index (χ1n) is 7.87. The highest BCUT2D eigenvalue weighted by Gasteiger charge is 2.56. The van der Waals surface area contributed by atoms with Crippen molar-refractivity contribution >= 4 is 17.5 Å². The minimum atomic E-state index is -1.33. The fourth-order valence-electron chi connectivity index (χ4n) is 3.69. The number of carbonyl (C=O) groups is 1. The van der Waals surface area contributed by atoms with Gasteiger partial charge < -0.3 is 14.6 Å². The maximum absolute atomic E-state index is 14.7. The van der Waals surface area contributed by atoms with Crippen molar-refractivity contribution in [2.24, 2.45) is 11.3 Å². The third-order valence-corrected chi connectivity index (χ3v) is 6.65. The van der Waals surface area contributed by atoms with E-state index in [0.29, 0.717) is 25.9 Å². The first kappa shape index (κ1) is 17.8. The Bertz CT molecular complexity index is 422. The average Bonchev–Trinajstić information content (AvgIpc) is 2.63. The molecule has 128 valence electrons. The second-order valence-electron chi connectivity index (χ2n) is 7.73. The van der Waals surface area contributed by atoms with Crippen molar-refractivity contribution in [2.45, 2.75) is 63.9 Å². The number of alkyl halides is 1. The van der Waals surface area contributed by atoms with Crippen molar-refractivity contribution in [3.8, 4) is 0 Å². The summed E-state index contributed by atoms with van der Waals surface area (Å²) in [5, 5.41) is 9.08. The molecule has 1 saturated carbocycles. The number of likely N-dealkylation sites (tertiary alicyclic amines) is 1. The molecule has 1 amide bonds. The lowest BCUT2D eigenvalue weighted by Gasteiger charge is -2.43. The summed E-state index contributed by atoms with van der Waals surface area (Å²) >= 11 is -1.33. The van der Waals surface area contributed by atoms with E-state index in [0.717, 1.165) is 6.42 Å². The van der Waals surface area contributed by atoms with Crippen LogP contribution in [-0.4, -0.2) is 50.7 Å². The summed E-state index contributed by atoms with van der Waals surface area (Å²) in [6.07, 6.45) is 0.0235. The molecule has 22 heavy (non-hydrogen) atoms. The van der Waals surface area contributed by atoms with Crippen molar-refractivity contribution in [1.29, 1.82) is 0 Å². The molecule has 1 spiro atoms. The molecule has 0 radical (unpaired) electrons. The Kier molecular flexibility index (Phi) is 5.00. The van der Waals surface area contributed by atoms with Gasteiger partial charge in [-0.3, -0.25) is 0 Å². The van der Waals surface area contributed by atoms with Crippen LogP contribution in [0.2, 0.25) is 0 Å². The highest BCUT2D eigenvalue weighted by atomic mass is 32.2. The fourth-order valence-corrected chi connectivity index (χ4v) is 4.65. The molecule has 5 nitrogen and oxygen atoms in total. The lowest BCUT2D eigenvalue weighted by molar-refractivity contribution is 0.0727. The Balaban J connectivity index is 2.13. The number of carboxylic acid groups (broad SMARTS) is 1. The summed E-state index contributed by atoms with van der Waals surface area (Å²) in [4.78, 5) is 12.5. The molecule has 0 aromatic rings. The van der Waals surface area contributed by atoms with Crippen molar-refractivity contribution in [3.05, 3.63) is 0 Å². The van der Waals surface area contributed by atoms with Crippen LogP contribution < -0.4 is 4.72 Å². The number of piperidine rings is 1. The van der Waals surface area contributed by atoms with Gasteiger partial charge in [0.15, 0.2) is 0 Å². The van der Waals surface area contributed by atoms with E-state index < -0.39 is 34.4 Å². The van der Waals surface area contributed by atoms with E-state index in [-0.39, 0.29) is 11.3 Å². The smallest absolute Gasteiger partial charge is 0.407 e. The minimum absolute atomic E-state index is 0.0918. The van der Waals surface area contributed by atoms with E-state index in [1.807, 2.05) is 27.7 Å². The zero-order valence-electron chi connectivity index (χ0n) is 13.8. The average molecular weight is 334 g/mol. The minimum Gasteiger partial charge on any atom is -0.598 e. The maximum atomic E-state index is 14.7. The predicted molar refractivity (Wildman–Crippen MR) is 84.8 cm³/mol. The molecule has 2 rings (SSSR count). The van der Waals surface area contributed by atoms with E-state index in [9.17, 15) is 13.7 Å². The number of nitrogens with zero attached hydrogens (tertiary/aromatic N) is 1. The molecule has 2 aliphatic rings. The summed E-state index contributed by atoms with van der Waals surface area (Å²) in [5.74, 6) is -0.0918. The third-order valence-electron chi connectivity index (χ3n) is 5.07. The van der Waals surface area contributed by atoms with Gasteiger partial charge in [-0.2, -0.15) is 0 Å². The molecule has 0 aromatic carbocycles. The number of hydrogen-bond acceptors (Lipinski definition) is 3. The van der Waals surface area contributed by atoms with E-state index in [4.69, 9.17) is 5.11 Å². The number of amides is 1. The van der Waals surface area contributed by atoms with Crippen LogP contribution in [0.1, 0.15) is 47.0 Å². The van der Waals surface area contributed by atoms with Gasteiger partial charge in [0.1, 0.15) is 10.9 Å². The van der Waals surface area contributed by atoms with Crippen LogP contribution in [0.15, 0.2) is 0 Å². The van der Waals surface area contributed by atoms with E-state index >= 15 is 0 Å². The normalized spacial score (nSPS) is 33.2. The Morgan fingerprint density at radius 2 is 1.95 bits per heavy atom. The van der Waals surface area contributed by atoms with Gasteiger partial charge in [-0.25, -0.2) is 9.18 Å². The van der Waals surface area contributed by atoms with E-state index in [1.54, 1.807) is 0 Å². The Morgan fingerprint density at radius 3 is 2.41 bits per heavy atom. The van der Waals surface area contributed by atoms with Gasteiger partial charge in [-0.05, 0) is 51.4 Å².